The predicted molar refractivity (Wildman–Crippen MR) is 109 cm³/mol. The van der Waals surface area contributed by atoms with Gasteiger partial charge in [-0.2, -0.15) is 5.26 Å². The van der Waals surface area contributed by atoms with Crippen molar-refractivity contribution in [3.05, 3.63) is 83.7 Å². The van der Waals surface area contributed by atoms with Crippen LogP contribution in [0.15, 0.2) is 66.9 Å². The van der Waals surface area contributed by atoms with Gasteiger partial charge in [0.1, 0.15) is 11.4 Å². The summed E-state index contributed by atoms with van der Waals surface area (Å²) in [5.41, 5.74) is 3.54. The average Bonchev–Trinajstić information content (AvgIpc) is 2.75. The van der Waals surface area contributed by atoms with Crippen molar-refractivity contribution in [1.82, 2.24) is 4.98 Å². The van der Waals surface area contributed by atoms with Crippen molar-refractivity contribution in [2.75, 3.05) is 24.3 Å². The maximum absolute atomic E-state index is 12.3. The SMILES string of the molecule is COc1ccc(CCNc2ccc(C(=O)Nc3ccc(C#N)cc3)nc2)cc1. The Labute approximate surface area is 163 Å². The molecule has 3 aromatic rings. The molecule has 1 heterocycles. The second-order valence-electron chi connectivity index (χ2n) is 6.10. The van der Waals surface area contributed by atoms with E-state index in [1.54, 1.807) is 43.6 Å². The number of carbonyl (C=O) groups is 1. The molecule has 2 aromatic carbocycles. The Morgan fingerprint density at radius 3 is 2.36 bits per heavy atom. The number of amides is 1. The largest absolute Gasteiger partial charge is 0.497 e. The van der Waals surface area contributed by atoms with Gasteiger partial charge in [-0.15, -0.1) is 0 Å². The smallest absolute Gasteiger partial charge is 0.274 e. The van der Waals surface area contributed by atoms with Crippen LogP contribution in [0.3, 0.4) is 0 Å². The molecule has 0 aliphatic rings. The number of nitriles is 1. The van der Waals surface area contributed by atoms with Gasteiger partial charge in [-0.3, -0.25) is 4.79 Å². The summed E-state index contributed by atoms with van der Waals surface area (Å²) >= 11 is 0. The number of carbonyl (C=O) groups excluding carboxylic acids is 1. The molecule has 0 radical (unpaired) electrons. The van der Waals surface area contributed by atoms with Crippen LogP contribution in [0, 0.1) is 11.3 Å². The van der Waals surface area contributed by atoms with Crippen LogP contribution in [0.2, 0.25) is 0 Å². The Balaban J connectivity index is 1.50. The number of pyridine rings is 1. The lowest BCUT2D eigenvalue weighted by molar-refractivity contribution is 0.102. The number of rotatable bonds is 7. The molecule has 0 spiro atoms. The number of nitrogens with one attached hydrogen (secondary N) is 2. The molecule has 0 aliphatic heterocycles. The average molecular weight is 372 g/mol. The lowest BCUT2D eigenvalue weighted by Gasteiger charge is -2.08. The van der Waals surface area contributed by atoms with Gasteiger partial charge in [-0.1, -0.05) is 12.1 Å². The number of ether oxygens (including phenoxy) is 1. The lowest BCUT2D eigenvalue weighted by atomic mass is 10.1. The third kappa shape index (κ3) is 5.08. The zero-order valence-corrected chi connectivity index (χ0v) is 15.5. The molecule has 140 valence electrons. The first-order valence-corrected chi connectivity index (χ1v) is 8.82. The first-order valence-electron chi connectivity index (χ1n) is 8.82. The molecule has 0 saturated heterocycles. The molecule has 0 aliphatic carbocycles. The van der Waals surface area contributed by atoms with E-state index in [2.05, 4.69) is 15.6 Å². The van der Waals surface area contributed by atoms with Gasteiger partial charge in [-0.25, -0.2) is 4.98 Å². The van der Waals surface area contributed by atoms with Gasteiger partial charge < -0.3 is 15.4 Å². The molecule has 28 heavy (non-hydrogen) atoms. The number of benzene rings is 2. The van der Waals surface area contributed by atoms with Crippen molar-refractivity contribution in [2.45, 2.75) is 6.42 Å². The van der Waals surface area contributed by atoms with Gasteiger partial charge in [0, 0.05) is 12.2 Å². The number of nitrogens with zero attached hydrogens (tertiary/aromatic N) is 2. The number of hydrogen-bond acceptors (Lipinski definition) is 5. The van der Waals surface area contributed by atoms with Crippen LogP contribution < -0.4 is 15.4 Å². The Morgan fingerprint density at radius 1 is 1.04 bits per heavy atom. The highest BCUT2D eigenvalue weighted by molar-refractivity contribution is 6.02. The molecule has 3 rings (SSSR count). The third-order valence-corrected chi connectivity index (χ3v) is 4.17. The van der Waals surface area contributed by atoms with Crippen LogP contribution in [0.1, 0.15) is 21.6 Å². The molecule has 6 heteroatoms. The van der Waals surface area contributed by atoms with Crippen molar-refractivity contribution in [1.29, 1.82) is 5.26 Å². The molecular weight excluding hydrogens is 352 g/mol. The molecule has 0 bridgehead atoms. The van der Waals surface area contributed by atoms with Crippen LogP contribution in [-0.2, 0) is 6.42 Å². The highest BCUT2D eigenvalue weighted by Gasteiger charge is 2.07. The second-order valence-corrected chi connectivity index (χ2v) is 6.10. The van der Waals surface area contributed by atoms with Crippen molar-refractivity contribution in [3.63, 3.8) is 0 Å². The van der Waals surface area contributed by atoms with Crippen LogP contribution in [0.4, 0.5) is 11.4 Å². The molecule has 1 aromatic heterocycles. The molecule has 2 N–H and O–H groups in total. The monoisotopic (exact) mass is 372 g/mol. The summed E-state index contributed by atoms with van der Waals surface area (Å²) in [5.74, 6) is 0.547. The summed E-state index contributed by atoms with van der Waals surface area (Å²) < 4.78 is 5.15. The fourth-order valence-electron chi connectivity index (χ4n) is 2.60. The van der Waals surface area contributed by atoms with Crippen molar-refractivity contribution in [2.24, 2.45) is 0 Å². The predicted octanol–water partition coefficient (Wildman–Crippen LogP) is 3.87. The standard InChI is InChI=1S/C22H20N4O2/c1-28-20-9-4-16(5-10-20)12-13-24-19-8-11-21(25-15-19)22(27)26-18-6-2-17(14-23)3-7-18/h2-11,15,24H,12-13H2,1H3,(H,26,27). The molecular formula is C22H20N4O2. The lowest BCUT2D eigenvalue weighted by Crippen LogP contribution is -2.14. The van der Waals surface area contributed by atoms with Gasteiger partial charge in [-0.05, 0) is 60.5 Å². The number of hydrogen-bond donors (Lipinski definition) is 2. The zero-order chi connectivity index (χ0) is 19.8. The molecule has 0 atom stereocenters. The van der Waals surface area contributed by atoms with Gasteiger partial charge >= 0.3 is 0 Å². The van der Waals surface area contributed by atoms with Crippen molar-refractivity contribution in [3.8, 4) is 11.8 Å². The quantitative estimate of drug-likeness (QED) is 0.657. The summed E-state index contributed by atoms with van der Waals surface area (Å²) in [7, 11) is 1.65. The highest BCUT2D eigenvalue weighted by Crippen LogP contribution is 2.13. The first-order chi connectivity index (χ1) is 13.7. The number of aromatic nitrogens is 1. The van der Waals surface area contributed by atoms with Crippen LogP contribution in [0.5, 0.6) is 5.75 Å². The Hall–Kier alpha value is -3.85. The Kier molecular flexibility index (Phi) is 6.21. The molecule has 6 nitrogen and oxygen atoms in total. The van der Waals surface area contributed by atoms with Crippen LogP contribution in [0.25, 0.3) is 0 Å². The minimum atomic E-state index is -0.297. The van der Waals surface area contributed by atoms with E-state index in [-0.39, 0.29) is 5.91 Å². The second kappa shape index (κ2) is 9.19. The van der Waals surface area contributed by atoms with E-state index in [4.69, 9.17) is 10.00 Å². The van der Waals surface area contributed by atoms with Gasteiger partial charge in [0.25, 0.3) is 5.91 Å². The van der Waals surface area contributed by atoms with Crippen molar-refractivity contribution < 1.29 is 9.53 Å². The molecule has 1 amide bonds. The Morgan fingerprint density at radius 2 is 1.75 bits per heavy atom. The highest BCUT2D eigenvalue weighted by atomic mass is 16.5. The summed E-state index contributed by atoms with van der Waals surface area (Å²) in [5, 5.41) is 14.9. The van der Waals surface area contributed by atoms with Crippen molar-refractivity contribution >= 4 is 17.3 Å². The summed E-state index contributed by atoms with van der Waals surface area (Å²) in [4.78, 5) is 16.5. The minimum Gasteiger partial charge on any atom is -0.497 e. The number of anilines is 2. The maximum Gasteiger partial charge on any atom is 0.274 e. The van der Waals surface area contributed by atoms with E-state index < -0.39 is 0 Å². The van der Waals surface area contributed by atoms with E-state index in [1.165, 1.54) is 5.56 Å². The van der Waals surface area contributed by atoms with E-state index in [1.807, 2.05) is 36.4 Å². The maximum atomic E-state index is 12.3. The fourth-order valence-corrected chi connectivity index (χ4v) is 2.60. The van der Waals surface area contributed by atoms with Crippen LogP contribution in [-0.4, -0.2) is 24.5 Å². The molecule has 0 saturated carbocycles. The summed E-state index contributed by atoms with van der Waals surface area (Å²) in [6, 6.07) is 20.2. The molecule has 0 fully saturated rings. The van der Waals surface area contributed by atoms with E-state index >= 15 is 0 Å². The van der Waals surface area contributed by atoms with Crippen LogP contribution >= 0.6 is 0 Å². The minimum absolute atomic E-state index is 0.297. The molecule has 0 unspecified atom stereocenters. The van der Waals surface area contributed by atoms with Gasteiger partial charge in [0.2, 0.25) is 0 Å². The first kappa shape index (κ1) is 18.9. The van der Waals surface area contributed by atoms with E-state index in [0.717, 1.165) is 24.4 Å². The zero-order valence-electron chi connectivity index (χ0n) is 15.5. The fraction of sp³-hybridized carbons (Fsp3) is 0.136. The number of methoxy groups -OCH3 is 1. The summed E-state index contributed by atoms with van der Waals surface area (Å²) in [6.45, 7) is 0.755. The summed E-state index contributed by atoms with van der Waals surface area (Å²) in [6.07, 6.45) is 2.51. The normalized spacial score (nSPS) is 10.0. The van der Waals surface area contributed by atoms with E-state index in [0.29, 0.717) is 16.9 Å². The Bertz CT molecular complexity index is 959. The topological polar surface area (TPSA) is 87.0 Å². The third-order valence-electron chi connectivity index (χ3n) is 4.17. The van der Waals surface area contributed by atoms with Gasteiger partial charge in [0.15, 0.2) is 0 Å². The van der Waals surface area contributed by atoms with E-state index in [9.17, 15) is 4.79 Å². The van der Waals surface area contributed by atoms with Gasteiger partial charge in [0.05, 0.1) is 30.6 Å².